The van der Waals surface area contributed by atoms with Gasteiger partial charge in [0.25, 0.3) is 5.56 Å². The van der Waals surface area contributed by atoms with Crippen LogP contribution in [0.15, 0.2) is 68.0 Å². The molecule has 0 fully saturated rings. The fourth-order valence-electron chi connectivity index (χ4n) is 3.97. The van der Waals surface area contributed by atoms with Crippen LogP contribution < -0.4 is 24.4 Å². The largest absolute Gasteiger partial charge is 0.493 e. The summed E-state index contributed by atoms with van der Waals surface area (Å²) < 4.78 is 19.2. The van der Waals surface area contributed by atoms with Gasteiger partial charge in [-0.05, 0) is 50.1 Å². The Morgan fingerprint density at radius 2 is 1.91 bits per heavy atom. The van der Waals surface area contributed by atoms with Crippen molar-refractivity contribution in [3.8, 4) is 11.5 Å². The molecule has 7 nitrogen and oxygen atoms in total. The van der Waals surface area contributed by atoms with Gasteiger partial charge in [0.2, 0.25) is 0 Å². The molecule has 0 N–H and O–H groups in total. The van der Waals surface area contributed by atoms with Crippen molar-refractivity contribution in [2.24, 2.45) is 4.99 Å². The number of aromatic nitrogens is 1. The molecule has 0 radical (unpaired) electrons. The fourth-order valence-corrected chi connectivity index (χ4v) is 5.45. The standard InChI is InChI=1S/C26H25BrN2O5S/c1-5-33-20-12-17(18(27)14-19(20)32-4)13-21-24(30)29-23(16-10-8-7-9-11-16)22(25(31)34-6-2)15(3)28-26(29)35-21/h7-14,23H,5-6H2,1-4H3/b21-13+. The van der Waals surface area contributed by atoms with E-state index in [-0.39, 0.29) is 12.2 Å². The summed E-state index contributed by atoms with van der Waals surface area (Å²) in [4.78, 5) is 31.8. The number of benzene rings is 2. The summed E-state index contributed by atoms with van der Waals surface area (Å²) in [6, 6.07) is 12.5. The molecule has 0 amide bonds. The lowest BCUT2D eigenvalue weighted by molar-refractivity contribution is -0.139. The zero-order valence-corrected chi connectivity index (χ0v) is 22.2. The van der Waals surface area contributed by atoms with E-state index in [1.165, 1.54) is 11.3 Å². The molecule has 3 aromatic rings. The van der Waals surface area contributed by atoms with Crippen LogP contribution >= 0.6 is 27.3 Å². The number of nitrogens with zero attached hydrogens (tertiary/aromatic N) is 2. The minimum absolute atomic E-state index is 0.231. The van der Waals surface area contributed by atoms with Gasteiger partial charge in [0, 0.05) is 4.47 Å². The molecule has 0 aliphatic carbocycles. The predicted octanol–water partition coefficient (Wildman–Crippen LogP) is 3.97. The first-order chi connectivity index (χ1) is 16.9. The van der Waals surface area contributed by atoms with Gasteiger partial charge in [0.1, 0.15) is 0 Å². The first kappa shape index (κ1) is 24.9. The maximum atomic E-state index is 13.7. The molecule has 2 aromatic carbocycles. The van der Waals surface area contributed by atoms with Gasteiger partial charge >= 0.3 is 5.97 Å². The maximum absolute atomic E-state index is 13.7. The minimum atomic E-state index is -0.632. The van der Waals surface area contributed by atoms with E-state index < -0.39 is 12.0 Å². The molecule has 182 valence electrons. The van der Waals surface area contributed by atoms with Crippen LogP contribution in [0.5, 0.6) is 11.5 Å². The second-order valence-corrected chi connectivity index (χ2v) is 9.53. The first-order valence-corrected chi connectivity index (χ1v) is 12.7. The number of esters is 1. The summed E-state index contributed by atoms with van der Waals surface area (Å²) in [5.74, 6) is 0.701. The van der Waals surface area contributed by atoms with Gasteiger partial charge in [-0.3, -0.25) is 9.36 Å². The number of allylic oxidation sites excluding steroid dienone is 1. The molecule has 1 unspecified atom stereocenters. The molecular formula is C26H25BrN2O5S. The highest BCUT2D eigenvalue weighted by atomic mass is 79.9. The molecule has 1 aliphatic heterocycles. The fraction of sp³-hybridized carbons (Fsp3) is 0.269. The van der Waals surface area contributed by atoms with Crippen LogP contribution in [-0.2, 0) is 9.53 Å². The monoisotopic (exact) mass is 556 g/mol. The van der Waals surface area contributed by atoms with E-state index >= 15 is 0 Å². The maximum Gasteiger partial charge on any atom is 0.338 e. The van der Waals surface area contributed by atoms with Crippen molar-refractivity contribution in [1.29, 1.82) is 0 Å². The molecule has 35 heavy (non-hydrogen) atoms. The SMILES string of the molecule is CCOC(=O)C1=C(C)N=c2s/c(=C/c3cc(OCC)c(OC)cc3Br)c(=O)n2C1c1ccccc1. The van der Waals surface area contributed by atoms with E-state index in [9.17, 15) is 9.59 Å². The van der Waals surface area contributed by atoms with Crippen LogP contribution in [-0.4, -0.2) is 30.9 Å². The molecule has 1 aromatic heterocycles. The van der Waals surface area contributed by atoms with Crippen molar-refractivity contribution < 1.29 is 19.0 Å². The summed E-state index contributed by atoms with van der Waals surface area (Å²) in [5, 5.41) is 0. The van der Waals surface area contributed by atoms with Gasteiger partial charge in [-0.15, -0.1) is 0 Å². The molecule has 4 rings (SSSR count). The van der Waals surface area contributed by atoms with E-state index in [1.54, 1.807) is 31.6 Å². The molecule has 2 heterocycles. The Morgan fingerprint density at radius 3 is 2.57 bits per heavy atom. The molecule has 1 atom stereocenters. The Labute approximate surface area is 215 Å². The van der Waals surface area contributed by atoms with Gasteiger partial charge in [-0.1, -0.05) is 57.6 Å². The summed E-state index contributed by atoms with van der Waals surface area (Å²) >= 11 is 4.84. The number of carbonyl (C=O) groups excluding carboxylic acids is 1. The van der Waals surface area contributed by atoms with Crippen LogP contribution in [0, 0.1) is 0 Å². The number of ether oxygens (including phenoxy) is 3. The van der Waals surface area contributed by atoms with Gasteiger partial charge in [0.15, 0.2) is 16.3 Å². The van der Waals surface area contributed by atoms with E-state index in [0.29, 0.717) is 38.7 Å². The summed E-state index contributed by atoms with van der Waals surface area (Å²) in [6.45, 7) is 6.13. The summed E-state index contributed by atoms with van der Waals surface area (Å²) in [5.41, 5.74) is 2.23. The Bertz CT molecular complexity index is 1470. The zero-order valence-electron chi connectivity index (χ0n) is 19.8. The Morgan fingerprint density at radius 1 is 1.17 bits per heavy atom. The highest BCUT2D eigenvalue weighted by Crippen LogP contribution is 2.34. The highest BCUT2D eigenvalue weighted by molar-refractivity contribution is 9.10. The highest BCUT2D eigenvalue weighted by Gasteiger charge is 2.33. The Hall–Kier alpha value is -3.17. The lowest BCUT2D eigenvalue weighted by atomic mass is 9.96. The topological polar surface area (TPSA) is 79.1 Å². The number of hydrogen-bond acceptors (Lipinski definition) is 7. The van der Waals surface area contributed by atoms with Gasteiger partial charge in [0.05, 0.1) is 42.2 Å². The third-order valence-corrected chi connectivity index (χ3v) is 7.17. The van der Waals surface area contributed by atoms with Crippen molar-refractivity contribution in [3.05, 3.63) is 89.0 Å². The van der Waals surface area contributed by atoms with Crippen molar-refractivity contribution in [2.45, 2.75) is 26.8 Å². The van der Waals surface area contributed by atoms with E-state index in [1.807, 2.05) is 49.4 Å². The molecule has 1 aliphatic rings. The van der Waals surface area contributed by atoms with E-state index in [2.05, 4.69) is 20.9 Å². The number of halogens is 1. The van der Waals surface area contributed by atoms with Crippen LogP contribution in [0.4, 0.5) is 0 Å². The van der Waals surface area contributed by atoms with Crippen LogP contribution in [0.2, 0.25) is 0 Å². The lowest BCUT2D eigenvalue weighted by Gasteiger charge is -2.24. The molecule has 0 saturated heterocycles. The van der Waals surface area contributed by atoms with Crippen molar-refractivity contribution in [2.75, 3.05) is 20.3 Å². The lowest BCUT2D eigenvalue weighted by Crippen LogP contribution is -2.39. The predicted molar refractivity (Wildman–Crippen MR) is 139 cm³/mol. The van der Waals surface area contributed by atoms with Crippen LogP contribution in [0.25, 0.3) is 6.08 Å². The molecule has 0 saturated carbocycles. The molecular weight excluding hydrogens is 532 g/mol. The van der Waals surface area contributed by atoms with Crippen LogP contribution in [0.3, 0.4) is 0 Å². The quantitative estimate of drug-likeness (QED) is 0.411. The van der Waals surface area contributed by atoms with Crippen LogP contribution in [0.1, 0.15) is 37.9 Å². The second-order valence-electron chi connectivity index (χ2n) is 7.67. The smallest absolute Gasteiger partial charge is 0.338 e. The third kappa shape index (κ3) is 4.83. The molecule has 0 bridgehead atoms. The minimum Gasteiger partial charge on any atom is -0.493 e. The number of rotatable bonds is 7. The van der Waals surface area contributed by atoms with Gasteiger partial charge in [-0.2, -0.15) is 0 Å². The number of fused-ring (bicyclic) bond motifs is 1. The number of methoxy groups -OCH3 is 1. The van der Waals surface area contributed by atoms with E-state index in [4.69, 9.17) is 14.2 Å². The number of thiazole rings is 1. The molecule has 9 heteroatoms. The first-order valence-electron chi connectivity index (χ1n) is 11.1. The van der Waals surface area contributed by atoms with E-state index in [0.717, 1.165) is 15.6 Å². The number of carbonyl (C=O) groups is 1. The second kappa shape index (κ2) is 10.6. The average molecular weight is 557 g/mol. The average Bonchev–Trinajstić information content (AvgIpc) is 3.15. The van der Waals surface area contributed by atoms with Crippen molar-refractivity contribution in [3.63, 3.8) is 0 Å². The third-order valence-electron chi connectivity index (χ3n) is 5.50. The zero-order chi connectivity index (χ0) is 25.1. The van der Waals surface area contributed by atoms with Gasteiger partial charge < -0.3 is 14.2 Å². The van der Waals surface area contributed by atoms with Crippen molar-refractivity contribution >= 4 is 39.3 Å². The van der Waals surface area contributed by atoms with Crippen molar-refractivity contribution in [1.82, 2.24) is 4.57 Å². The number of hydrogen-bond donors (Lipinski definition) is 0. The Kier molecular flexibility index (Phi) is 7.57. The summed E-state index contributed by atoms with van der Waals surface area (Å²) in [6.07, 6.45) is 1.79. The summed E-state index contributed by atoms with van der Waals surface area (Å²) in [7, 11) is 1.58. The van der Waals surface area contributed by atoms with Gasteiger partial charge in [-0.25, -0.2) is 9.79 Å². The Balaban J connectivity index is 1.93. The molecule has 0 spiro atoms. The normalized spacial score (nSPS) is 15.5.